The first-order valence-electron chi connectivity index (χ1n) is 19.4. The molecule has 4 amide bonds. The number of carbonyl (C=O) groups is 4. The highest BCUT2D eigenvalue weighted by Crippen LogP contribution is 2.35. The Bertz CT molecular complexity index is 2130. The summed E-state index contributed by atoms with van der Waals surface area (Å²) in [6.45, 7) is 10.8. The number of amides is 4. The number of aryl methyl sites for hydroxylation is 1. The van der Waals surface area contributed by atoms with E-state index < -0.39 is 24.3 Å². The summed E-state index contributed by atoms with van der Waals surface area (Å²) in [6.07, 6.45) is 2.70. The number of ether oxygens (including phenoxy) is 2. The number of methoxy groups -OCH3 is 2. The number of fused-ring (bicyclic) bond motifs is 1. The van der Waals surface area contributed by atoms with Crippen LogP contribution < -0.4 is 10.6 Å². The molecule has 2 aliphatic rings. The maximum atomic E-state index is 13.7. The van der Waals surface area contributed by atoms with Crippen LogP contribution in [0.25, 0.3) is 22.3 Å². The Kier molecular flexibility index (Phi) is 12.3. The number of hydrogen-bond acceptors (Lipinski definition) is 8. The van der Waals surface area contributed by atoms with Crippen molar-refractivity contribution in [1.82, 2.24) is 40.4 Å². The summed E-state index contributed by atoms with van der Waals surface area (Å²) in [6, 6.07) is 12.0. The third-order valence-electron chi connectivity index (χ3n) is 10.6. The van der Waals surface area contributed by atoms with Crippen LogP contribution in [0.5, 0.6) is 0 Å². The third kappa shape index (κ3) is 8.51. The van der Waals surface area contributed by atoms with E-state index in [9.17, 15) is 19.2 Å². The van der Waals surface area contributed by atoms with Crippen LogP contribution in [0.15, 0.2) is 42.5 Å². The predicted octanol–water partition coefficient (Wildman–Crippen LogP) is 6.00. The number of imidazole rings is 2. The van der Waals surface area contributed by atoms with Gasteiger partial charge in [-0.2, -0.15) is 0 Å². The summed E-state index contributed by atoms with van der Waals surface area (Å²) in [5.41, 5.74) is 6.07. The molecule has 14 heteroatoms. The van der Waals surface area contributed by atoms with Gasteiger partial charge in [0.05, 0.1) is 43.0 Å². The Balaban J connectivity index is 1.16. The fraction of sp³-hybridized carbons (Fsp3) is 0.476. The van der Waals surface area contributed by atoms with E-state index in [1.165, 1.54) is 14.2 Å². The molecule has 0 bridgehead atoms. The number of H-pyrrole nitrogens is 2. The molecule has 2 saturated heterocycles. The Morgan fingerprint density at radius 2 is 1.29 bits per heavy atom. The molecule has 2 fully saturated rings. The molecule has 4 atom stereocenters. The number of rotatable bonds is 10. The second kappa shape index (κ2) is 17.3. The van der Waals surface area contributed by atoms with Gasteiger partial charge in [-0.1, -0.05) is 58.6 Å². The molecule has 2 aromatic carbocycles. The van der Waals surface area contributed by atoms with Crippen molar-refractivity contribution in [3.05, 3.63) is 70.9 Å². The van der Waals surface area contributed by atoms with Crippen molar-refractivity contribution in [2.75, 3.05) is 27.3 Å². The minimum absolute atomic E-state index is 0.112. The summed E-state index contributed by atoms with van der Waals surface area (Å²) in [7, 11) is 2.58. The van der Waals surface area contributed by atoms with Crippen LogP contribution in [0.4, 0.5) is 9.59 Å². The Morgan fingerprint density at radius 3 is 1.80 bits per heavy atom. The molecule has 0 radical (unpaired) electrons. The number of aromatic amines is 2. The van der Waals surface area contributed by atoms with Gasteiger partial charge in [-0.05, 0) is 74.3 Å². The predicted molar refractivity (Wildman–Crippen MR) is 211 cm³/mol. The maximum absolute atomic E-state index is 13.7. The lowest BCUT2D eigenvalue weighted by atomic mass is 10.0. The fourth-order valence-corrected chi connectivity index (χ4v) is 7.59. The van der Waals surface area contributed by atoms with E-state index in [1.807, 2.05) is 75.1 Å². The van der Waals surface area contributed by atoms with Gasteiger partial charge in [-0.3, -0.25) is 9.59 Å². The quantitative estimate of drug-likeness (QED) is 0.142. The number of hydrogen-bond donors (Lipinski definition) is 4. The summed E-state index contributed by atoms with van der Waals surface area (Å²) in [5, 5.41) is 5.40. The lowest BCUT2D eigenvalue weighted by molar-refractivity contribution is -0.136. The van der Waals surface area contributed by atoms with Crippen LogP contribution in [0.3, 0.4) is 0 Å². The number of alkyl carbamates (subject to hydrolysis) is 2. The van der Waals surface area contributed by atoms with Crippen LogP contribution in [0.1, 0.15) is 101 Å². The minimum Gasteiger partial charge on any atom is -0.453 e. The second-order valence-electron chi connectivity index (χ2n) is 15.1. The number of nitrogens with zero attached hydrogens (tertiary/aromatic N) is 4. The average Bonchev–Trinajstić information content (AvgIpc) is 4.03. The molecule has 4 aromatic rings. The normalized spacial score (nSPS) is 17.8. The van der Waals surface area contributed by atoms with Gasteiger partial charge in [0.25, 0.3) is 0 Å². The molecule has 0 aliphatic carbocycles. The van der Waals surface area contributed by atoms with Crippen LogP contribution in [-0.2, 0) is 25.5 Å². The smallest absolute Gasteiger partial charge is 0.407 e. The van der Waals surface area contributed by atoms with Crippen LogP contribution >= 0.6 is 0 Å². The molecule has 4 N–H and O–H groups in total. The summed E-state index contributed by atoms with van der Waals surface area (Å²) < 4.78 is 9.53. The molecule has 14 nitrogen and oxygen atoms in total. The first kappa shape index (κ1) is 39.8. The van der Waals surface area contributed by atoms with Crippen LogP contribution in [0.2, 0.25) is 0 Å². The van der Waals surface area contributed by atoms with Crippen molar-refractivity contribution < 1.29 is 28.7 Å². The zero-order chi connectivity index (χ0) is 40.1. The Hall–Kier alpha value is -5.84. The summed E-state index contributed by atoms with van der Waals surface area (Å²) in [5.74, 6) is 7.48. The zero-order valence-corrected chi connectivity index (χ0v) is 33.2. The van der Waals surface area contributed by atoms with Crippen molar-refractivity contribution in [1.29, 1.82) is 0 Å². The van der Waals surface area contributed by atoms with Gasteiger partial charge in [0.15, 0.2) is 0 Å². The molecule has 0 spiro atoms. The van der Waals surface area contributed by atoms with Gasteiger partial charge in [-0.25, -0.2) is 19.6 Å². The van der Waals surface area contributed by atoms with Crippen LogP contribution in [-0.4, -0.2) is 93.1 Å². The number of benzene rings is 2. The average molecular weight is 765 g/mol. The van der Waals surface area contributed by atoms with Gasteiger partial charge in [0.1, 0.15) is 23.7 Å². The topological polar surface area (TPSA) is 175 Å². The molecular formula is C42H52N8O6. The largest absolute Gasteiger partial charge is 0.453 e. The lowest BCUT2D eigenvalue weighted by Gasteiger charge is -2.30. The monoisotopic (exact) mass is 764 g/mol. The molecule has 4 heterocycles. The highest BCUT2D eigenvalue weighted by Gasteiger charge is 2.39. The SMILES string of the molecule is CCc1[nH]c([C@@H]2CCCN2C(=O)[C@@H](NC(=O)OC)C(C)C)nc1-c1ccc(C#Cc2ccc3nc([C@@H]4CCCN4C(=O)[C@@H](NC(=O)OC)C(C)C)[nH]c3c2)cc1. The Morgan fingerprint density at radius 1 is 0.768 bits per heavy atom. The summed E-state index contributed by atoms with van der Waals surface area (Å²) in [4.78, 5) is 71.6. The van der Waals surface area contributed by atoms with Crippen molar-refractivity contribution in [2.24, 2.45) is 11.8 Å². The van der Waals surface area contributed by atoms with Gasteiger partial charge in [0, 0.05) is 35.5 Å². The lowest BCUT2D eigenvalue weighted by Crippen LogP contribution is -2.51. The van der Waals surface area contributed by atoms with Crippen molar-refractivity contribution in [3.63, 3.8) is 0 Å². The van der Waals surface area contributed by atoms with E-state index in [0.717, 1.165) is 77.0 Å². The fourth-order valence-electron chi connectivity index (χ4n) is 7.59. The molecular weight excluding hydrogens is 713 g/mol. The number of carbonyl (C=O) groups excluding carboxylic acids is 4. The second-order valence-corrected chi connectivity index (χ2v) is 15.1. The molecule has 296 valence electrons. The van der Waals surface area contributed by atoms with E-state index in [2.05, 4.69) is 39.4 Å². The molecule has 0 saturated carbocycles. The van der Waals surface area contributed by atoms with Gasteiger partial charge >= 0.3 is 12.2 Å². The van der Waals surface area contributed by atoms with E-state index in [-0.39, 0.29) is 35.7 Å². The number of likely N-dealkylation sites (tertiary alicyclic amines) is 2. The Labute approximate surface area is 327 Å². The third-order valence-corrected chi connectivity index (χ3v) is 10.6. The molecule has 2 aromatic heterocycles. The first-order valence-corrected chi connectivity index (χ1v) is 19.4. The number of nitrogens with one attached hydrogen (secondary N) is 4. The molecule has 0 unspecified atom stereocenters. The highest BCUT2D eigenvalue weighted by molar-refractivity contribution is 5.87. The van der Waals surface area contributed by atoms with Crippen molar-refractivity contribution in [2.45, 2.75) is 90.9 Å². The molecule has 2 aliphatic heterocycles. The van der Waals surface area contributed by atoms with Gasteiger partial charge < -0.3 is 39.9 Å². The van der Waals surface area contributed by atoms with Crippen LogP contribution in [0, 0.1) is 23.7 Å². The first-order chi connectivity index (χ1) is 26.9. The highest BCUT2D eigenvalue weighted by atomic mass is 16.5. The van der Waals surface area contributed by atoms with E-state index in [1.54, 1.807) is 4.90 Å². The van der Waals surface area contributed by atoms with E-state index >= 15 is 0 Å². The maximum Gasteiger partial charge on any atom is 0.407 e. The molecule has 6 rings (SSSR count). The van der Waals surface area contributed by atoms with Crippen molar-refractivity contribution >= 4 is 35.0 Å². The van der Waals surface area contributed by atoms with Crippen molar-refractivity contribution in [3.8, 4) is 23.1 Å². The standard InChI is InChI=1S/C42H52N8O6/c1-8-29-36(46-38(43-29)33-12-10-22-50(33)40(52)35(25(4)5)48-42(54)56-7)28-18-15-26(16-19-28)13-14-27-17-20-30-31(23-27)45-37(44-30)32-11-9-21-49(32)39(51)34(24(2)3)47-41(53)55-6/h15-20,23-25,32-35H,8-12,21-22H2,1-7H3,(H,43,46)(H,44,45)(H,47,53)(H,48,54)/t32-,33-,34-,35-/m0/s1. The number of aromatic nitrogens is 4. The van der Waals surface area contributed by atoms with E-state index in [0.29, 0.717) is 18.9 Å². The van der Waals surface area contributed by atoms with Gasteiger partial charge in [0.2, 0.25) is 11.8 Å². The van der Waals surface area contributed by atoms with Gasteiger partial charge in [-0.15, -0.1) is 0 Å². The minimum atomic E-state index is -0.698. The molecule has 56 heavy (non-hydrogen) atoms. The summed E-state index contributed by atoms with van der Waals surface area (Å²) >= 11 is 0. The zero-order valence-electron chi connectivity index (χ0n) is 33.2. The van der Waals surface area contributed by atoms with E-state index in [4.69, 9.17) is 19.4 Å².